The maximum atomic E-state index is 12.2. The van der Waals surface area contributed by atoms with E-state index >= 15 is 0 Å². The summed E-state index contributed by atoms with van der Waals surface area (Å²) in [6, 6.07) is 3.46. The van der Waals surface area contributed by atoms with Gasteiger partial charge in [-0.05, 0) is 25.0 Å². The molecule has 9 heteroatoms. The highest BCUT2D eigenvalue weighted by Gasteiger charge is 2.24. The fraction of sp³-hybridized carbons (Fsp3) is 0.688. The van der Waals surface area contributed by atoms with Crippen molar-refractivity contribution in [3.05, 3.63) is 17.0 Å². The zero-order valence-electron chi connectivity index (χ0n) is 15.3. The molecule has 0 aliphatic carbocycles. The molecule has 0 bridgehead atoms. The van der Waals surface area contributed by atoms with E-state index in [1.165, 1.54) is 11.3 Å². The second-order valence-corrected chi connectivity index (χ2v) is 11.0. The molecule has 0 spiro atoms. The van der Waals surface area contributed by atoms with Gasteiger partial charge in [0.1, 0.15) is 4.21 Å². The Labute approximate surface area is 159 Å². The van der Waals surface area contributed by atoms with Gasteiger partial charge in [0.25, 0.3) is 0 Å². The zero-order valence-corrected chi connectivity index (χ0v) is 17.7. The van der Waals surface area contributed by atoms with Crippen LogP contribution in [0, 0.1) is 12.8 Å². The summed E-state index contributed by atoms with van der Waals surface area (Å²) < 4.78 is 27.4. The molecule has 1 unspecified atom stereocenters. The number of rotatable bonds is 6. The van der Waals surface area contributed by atoms with Gasteiger partial charge in [-0.15, -0.1) is 11.3 Å². The van der Waals surface area contributed by atoms with Crippen molar-refractivity contribution in [2.75, 3.05) is 39.0 Å². The molecular weight excluding hydrogens is 376 g/mol. The third-order valence-electron chi connectivity index (χ3n) is 4.03. The van der Waals surface area contributed by atoms with Crippen molar-refractivity contribution >= 4 is 39.1 Å². The number of aryl methyl sites for hydroxylation is 1. The molecule has 2 N–H and O–H groups in total. The lowest BCUT2D eigenvalue weighted by molar-refractivity contribution is 0.381. The van der Waals surface area contributed by atoms with Gasteiger partial charge in [0.2, 0.25) is 10.0 Å². The SMILES string of the molecule is CN=C(NCCNS(=O)(=O)c1ccc(C)s1)N1CCSC(C(C)C)C1. The third-order valence-corrected chi connectivity index (χ3v) is 8.52. The van der Waals surface area contributed by atoms with E-state index in [4.69, 9.17) is 0 Å². The molecule has 25 heavy (non-hydrogen) atoms. The van der Waals surface area contributed by atoms with E-state index in [2.05, 4.69) is 33.8 Å². The molecule has 1 saturated heterocycles. The molecule has 6 nitrogen and oxygen atoms in total. The Hall–Kier alpha value is -0.770. The van der Waals surface area contributed by atoms with Gasteiger partial charge in [0.15, 0.2) is 5.96 Å². The maximum Gasteiger partial charge on any atom is 0.250 e. The summed E-state index contributed by atoms with van der Waals surface area (Å²) in [5, 5.41) is 3.88. The quantitative estimate of drug-likeness (QED) is 0.431. The largest absolute Gasteiger partial charge is 0.355 e. The van der Waals surface area contributed by atoms with E-state index in [9.17, 15) is 8.42 Å². The molecule has 1 aromatic rings. The van der Waals surface area contributed by atoms with E-state index in [1.54, 1.807) is 13.1 Å². The summed E-state index contributed by atoms with van der Waals surface area (Å²) in [4.78, 5) is 7.60. The molecule has 2 rings (SSSR count). The Morgan fingerprint density at radius 2 is 2.16 bits per heavy atom. The first-order chi connectivity index (χ1) is 11.8. The molecule has 0 aromatic carbocycles. The Morgan fingerprint density at radius 3 is 2.76 bits per heavy atom. The van der Waals surface area contributed by atoms with E-state index in [1.807, 2.05) is 24.8 Å². The molecular formula is C16H28N4O2S3. The van der Waals surface area contributed by atoms with Crippen molar-refractivity contribution in [2.45, 2.75) is 30.2 Å². The van der Waals surface area contributed by atoms with E-state index < -0.39 is 10.0 Å². The van der Waals surface area contributed by atoms with Crippen LogP contribution >= 0.6 is 23.1 Å². The van der Waals surface area contributed by atoms with Gasteiger partial charge in [-0.1, -0.05) is 13.8 Å². The Morgan fingerprint density at radius 1 is 1.40 bits per heavy atom. The van der Waals surface area contributed by atoms with Gasteiger partial charge >= 0.3 is 0 Å². The minimum absolute atomic E-state index is 0.328. The van der Waals surface area contributed by atoms with Crippen LogP contribution in [0.1, 0.15) is 18.7 Å². The number of guanidine groups is 1. The highest BCUT2D eigenvalue weighted by molar-refractivity contribution is 8.00. The van der Waals surface area contributed by atoms with Crippen molar-refractivity contribution in [2.24, 2.45) is 10.9 Å². The average Bonchev–Trinajstić information content (AvgIpc) is 3.02. The topological polar surface area (TPSA) is 73.8 Å². The first-order valence-corrected chi connectivity index (χ1v) is 11.8. The van der Waals surface area contributed by atoms with Crippen LogP contribution < -0.4 is 10.0 Å². The molecule has 1 aliphatic heterocycles. The van der Waals surface area contributed by atoms with Gasteiger partial charge in [-0.25, -0.2) is 13.1 Å². The lowest BCUT2D eigenvalue weighted by Crippen LogP contribution is -2.50. The Balaban J connectivity index is 1.81. The predicted octanol–water partition coefficient (Wildman–Crippen LogP) is 1.98. The third kappa shape index (κ3) is 5.87. The predicted molar refractivity (Wildman–Crippen MR) is 108 cm³/mol. The summed E-state index contributed by atoms with van der Waals surface area (Å²) >= 11 is 3.30. The summed E-state index contributed by atoms with van der Waals surface area (Å²) in [6.07, 6.45) is 0. The molecule has 1 aromatic heterocycles. The van der Waals surface area contributed by atoms with Crippen LogP contribution in [0.25, 0.3) is 0 Å². The summed E-state index contributed by atoms with van der Waals surface area (Å²) in [5.41, 5.74) is 0. The maximum absolute atomic E-state index is 12.2. The molecule has 0 amide bonds. The van der Waals surface area contributed by atoms with Crippen LogP contribution in [0.5, 0.6) is 0 Å². The van der Waals surface area contributed by atoms with Crippen molar-refractivity contribution in [3.63, 3.8) is 0 Å². The van der Waals surface area contributed by atoms with Gasteiger partial charge < -0.3 is 10.2 Å². The summed E-state index contributed by atoms with van der Waals surface area (Å²) in [7, 11) is -1.65. The van der Waals surface area contributed by atoms with Crippen LogP contribution in [0.2, 0.25) is 0 Å². The van der Waals surface area contributed by atoms with Gasteiger partial charge in [0, 0.05) is 49.1 Å². The number of hydrogen-bond acceptors (Lipinski definition) is 5. The Kier molecular flexibility index (Phi) is 7.60. The lowest BCUT2D eigenvalue weighted by atomic mass is 10.1. The van der Waals surface area contributed by atoms with Crippen LogP contribution in [0.4, 0.5) is 0 Å². The average molecular weight is 405 g/mol. The van der Waals surface area contributed by atoms with Crippen LogP contribution in [0.3, 0.4) is 0 Å². The second-order valence-electron chi connectivity index (χ2n) is 6.34. The van der Waals surface area contributed by atoms with Crippen molar-refractivity contribution < 1.29 is 8.42 Å². The molecule has 1 atom stereocenters. The van der Waals surface area contributed by atoms with E-state index in [0.29, 0.717) is 28.5 Å². The number of nitrogens with one attached hydrogen (secondary N) is 2. The molecule has 2 heterocycles. The van der Waals surface area contributed by atoms with Gasteiger partial charge in [-0.3, -0.25) is 4.99 Å². The van der Waals surface area contributed by atoms with Gasteiger partial charge in [-0.2, -0.15) is 11.8 Å². The fourth-order valence-corrected chi connectivity index (χ4v) is 6.25. The molecule has 1 aliphatic rings. The normalized spacial score (nSPS) is 19.5. The van der Waals surface area contributed by atoms with Crippen LogP contribution in [0.15, 0.2) is 21.3 Å². The molecule has 0 saturated carbocycles. The molecule has 0 radical (unpaired) electrons. The summed E-state index contributed by atoms with van der Waals surface area (Å²) in [6.45, 7) is 9.17. The smallest absolute Gasteiger partial charge is 0.250 e. The van der Waals surface area contributed by atoms with E-state index in [0.717, 1.165) is 29.7 Å². The molecule has 1 fully saturated rings. The van der Waals surface area contributed by atoms with Crippen molar-refractivity contribution in [1.29, 1.82) is 0 Å². The number of hydrogen-bond donors (Lipinski definition) is 2. The standard InChI is InChI=1S/C16H28N4O2S3/c1-12(2)14-11-20(9-10-23-14)16(17-4)18-7-8-19-25(21,22)15-6-5-13(3)24-15/h5-6,12,14,19H,7-11H2,1-4H3,(H,17,18). The minimum atomic E-state index is -3.42. The first kappa shape index (κ1) is 20.5. The lowest BCUT2D eigenvalue weighted by Gasteiger charge is -2.36. The van der Waals surface area contributed by atoms with E-state index in [-0.39, 0.29) is 0 Å². The number of sulfonamides is 1. The highest BCUT2D eigenvalue weighted by Crippen LogP contribution is 2.24. The van der Waals surface area contributed by atoms with Crippen LogP contribution in [-0.4, -0.2) is 63.5 Å². The van der Waals surface area contributed by atoms with Crippen molar-refractivity contribution in [1.82, 2.24) is 14.9 Å². The minimum Gasteiger partial charge on any atom is -0.355 e. The van der Waals surface area contributed by atoms with Crippen molar-refractivity contribution in [3.8, 4) is 0 Å². The first-order valence-electron chi connectivity index (χ1n) is 8.47. The Bertz CT molecular complexity index is 685. The highest BCUT2D eigenvalue weighted by atomic mass is 32.2. The second kappa shape index (κ2) is 9.25. The van der Waals surface area contributed by atoms with Crippen LogP contribution in [-0.2, 0) is 10.0 Å². The van der Waals surface area contributed by atoms with Gasteiger partial charge in [0.05, 0.1) is 0 Å². The number of thioether (sulfide) groups is 1. The summed E-state index contributed by atoms with van der Waals surface area (Å²) in [5.74, 6) is 2.57. The number of thiophene rings is 1. The zero-order chi connectivity index (χ0) is 18.4. The number of aliphatic imine (C=N–C) groups is 1. The number of nitrogens with zero attached hydrogens (tertiary/aromatic N) is 2. The fourth-order valence-electron chi connectivity index (χ4n) is 2.59. The monoisotopic (exact) mass is 404 g/mol. The molecule has 142 valence electrons.